The third-order valence-corrected chi connectivity index (χ3v) is 2.72. The Balaban J connectivity index is 3.29. The average Bonchev–Trinajstić information content (AvgIpc) is 2.17. The first-order valence-corrected chi connectivity index (χ1v) is 4.71. The molecule has 0 aliphatic carbocycles. The Hall–Kier alpha value is -1.36. The van der Waals surface area contributed by atoms with Crippen LogP contribution in [0.25, 0.3) is 0 Å². The molecule has 0 aliphatic rings. The lowest BCUT2D eigenvalue weighted by molar-refractivity contribution is 0.503. The van der Waals surface area contributed by atoms with Gasteiger partial charge in [-0.3, -0.25) is 0 Å². The lowest BCUT2D eigenvalue weighted by atomic mass is 9.80. The second kappa shape index (κ2) is 3.79. The van der Waals surface area contributed by atoms with Crippen molar-refractivity contribution in [1.29, 1.82) is 5.26 Å². The van der Waals surface area contributed by atoms with Crippen LogP contribution in [0.1, 0.15) is 38.3 Å². The molecule has 0 aromatic heterocycles. The van der Waals surface area contributed by atoms with Crippen LogP contribution in [0.3, 0.4) is 0 Å². The minimum absolute atomic E-state index is 0.0707. The molecule has 0 atom stereocenters. The normalized spacial score (nSPS) is 11.1. The Bertz CT molecular complexity index is 374. The van der Waals surface area contributed by atoms with Crippen LogP contribution >= 0.6 is 0 Å². The summed E-state index contributed by atoms with van der Waals surface area (Å²) in [7, 11) is 0. The van der Waals surface area contributed by atoms with Crippen molar-refractivity contribution in [3.05, 3.63) is 35.1 Å². The van der Waals surface area contributed by atoms with Gasteiger partial charge in [0.25, 0.3) is 0 Å². The SMILES string of the molecule is CCC(C)(C)c1ccc(F)cc1C#N. The molecule has 0 unspecified atom stereocenters. The molecule has 0 aliphatic heterocycles. The van der Waals surface area contributed by atoms with E-state index in [0.717, 1.165) is 12.0 Å². The van der Waals surface area contributed by atoms with Crippen molar-refractivity contribution in [2.24, 2.45) is 0 Å². The molecule has 0 bridgehead atoms. The molecule has 0 heterocycles. The van der Waals surface area contributed by atoms with Gasteiger partial charge in [-0.05, 0) is 29.5 Å². The summed E-state index contributed by atoms with van der Waals surface area (Å²) in [5.74, 6) is -0.350. The molecule has 0 amide bonds. The molecule has 0 radical (unpaired) electrons. The van der Waals surface area contributed by atoms with Crippen LogP contribution in [-0.4, -0.2) is 0 Å². The fraction of sp³-hybridized carbons (Fsp3) is 0.417. The van der Waals surface area contributed by atoms with E-state index in [2.05, 4.69) is 20.8 Å². The number of nitriles is 1. The number of hydrogen-bond acceptors (Lipinski definition) is 1. The van der Waals surface area contributed by atoms with E-state index in [4.69, 9.17) is 5.26 Å². The molecule has 0 saturated heterocycles. The standard InChI is InChI=1S/C12H14FN/c1-4-12(2,3)11-6-5-10(13)7-9(11)8-14/h5-7H,4H2,1-3H3. The zero-order valence-corrected chi connectivity index (χ0v) is 8.76. The van der Waals surface area contributed by atoms with E-state index < -0.39 is 0 Å². The van der Waals surface area contributed by atoms with Gasteiger partial charge in [0.05, 0.1) is 11.6 Å². The molecule has 1 rings (SSSR count). The molecule has 0 fully saturated rings. The van der Waals surface area contributed by atoms with Crippen LogP contribution in [0.5, 0.6) is 0 Å². The van der Waals surface area contributed by atoms with E-state index in [1.54, 1.807) is 6.07 Å². The van der Waals surface area contributed by atoms with Crippen molar-refractivity contribution >= 4 is 0 Å². The van der Waals surface area contributed by atoms with E-state index in [0.29, 0.717) is 5.56 Å². The summed E-state index contributed by atoms with van der Waals surface area (Å²) in [5.41, 5.74) is 1.29. The van der Waals surface area contributed by atoms with Crippen LogP contribution in [0.2, 0.25) is 0 Å². The Kier molecular flexibility index (Phi) is 2.90. The second-order valence-electron chi connectivity index (χ2n) is 4.04. The van der Waals surface area contributed by atoms with Gasteiger partial charge in [-0.1, -0.05) is 26.8 Å². The molecular weight excluding hydrogens is 177 g/mol. The number of nitrogens with zero attached hydrogens (tertiary/aromatic N) is 1. The molecule has 0 spiro atoms. The number of halogens is 1. The maximum Gasteiger partial charge on any atom is 0.124 e. The summed E-state index contributed by atoms with van der Waals surface area (Å²) in [6.45, 7) is 6.17. The number of hydrogen-bond donors (Lipinski definition) is 0. The molecule has 1 aromatic carbocycles. The largest absolute Gasteiger partial charge is 0.207 e. The van der Waals surface area contributed by atoms with E-state index in [1.807, 2.05) is 6.07 Å². The molecule has 14 heavy (non-hydrogen) atoms. The predicted molar refractivity (Wildman–Crippen MR) is 54.4 cm³/mol. The molecule has 74 valence electrons. The van der Waals surface area contributed by atoms with Crippen molar-refractivity contribution < 1.29 is 4.39 Å². The highest BCUT2D eigenvalue weighted by Crippen LogP contribution is 2.29. The Morgan fingerprint density at radius 2 is 2.07 bits per heavy atom. The molecular formula is C12H14FN. The molecule has 1 aromatic rings. The van der Waals surface area contributed by atoms with Crippen LogP contribution in [0.4, 0.5) is 4.39 Å². The summed E-state index contributed by atoms with van der Waals surface area (Å²) in [4.78, 5) is 0. The minimum atomic E-state index is -0.350. The third kappa shape index (κ3) is 1.93. The van der Waals surface area contributed by atoms with Gasteiger partial charge < -0.3 is 0 Å². The van der Waals surface area contributed by atoms with Crippen molar-refractivity contribution in [2.45, 2.75) is 32.6 Å². The van der Waals surface area contributed by atoms with Crippen LogP contribution in [0, 0.1) is 17.1 Å². The van der Waals surface area contributed by atoms with Gasteiger partial charge in [0, 0.05) is 0 Å². The van der Waals surface area contributed by atoms with Gasteiger partial charge in [-0.2, -0.15) is 5.26 Å². The van der Waals surface area contributed by atoms with Crippen LogP contribution in [0.15, 0.2) is 18.2 Å². The Morgan fingerprint density at radius 1 is 1.43 bits per heavy atom. The summed E-state index contributed by atoms with van der Waals surface area (Å²) < 4.78 is 12.9. The van der Waals surface area contributed by atoms with Crippen LogP contribution < -0.4 is 0 Å². The van der Waals surface area contributed by atoms with Gasteiger partial charge in [0.15, 0.2) is 0 Å². The zero-order chi connectivity index (χ0) is 10.8. The first-order chi connectivity index (χ1) is 6.51. The third-order valence-electron chi connectivity index (χ3n) is 2.72. The highest BCUT2D eigenvalue weighted by molar-refractivity contribution is 5.42. The van der Waals surface area contributed by atoms with Gasteiger partial charge in [0.2, 0.25) is 0 Å². The fourth-order valence-electron chi connectivity index (χ4n) is 1.39. The first-order valence-electron chi connectivity index (χ1n) is 4.71. The Morgan fingerprint density at radius 3 is 2.57 bits per heavy atom. The van der Waals surface area contributed by atoms with E-state index in [9.17, 15) is 4.39 Å². The summed E-state index contributed by atoms with van der Waals surface area (Å²) in [6.07, 6.45) is 0.924. The molecule has 1 nitrogen and oxygen atoms in total. The van der Waals surface area contributed by atoms with Gasteiger partial charge >= 0.3 is 0 Å². The number of benzene rings is 1. The maximum atomic E-state index is 12.9. The average molecular weight is 191 g/mol. The van der Waals surface area contributed by atoms with Gasteiger partial charge in [0.1, 0.15) is 5.82 Å². The van der Waals surface area contributed by atoms with E-state index in [1.165, 1.54) is 12.1 Å². The molecule has 0 N–H and O–H groups in total. The molecule has 2 heteroatoms. The number of rotatable bonds is 2. The fourth-order valence-corrected chi connectivity index (χ4v) is 1.39. The summed E-state index contributed by atoms with van der Waals surface area (Å²) >= 11 is 0. The maximum absolute atomic E-state index is 12.9. The van der Waals surface area contributed by atoms with Gasteiger partial charge in [-0.15, -0.1) is 0 Å². The Labute approximate surface area is 84.2 Å². The quantitative estimate of drug-likeness (QED) is 0.703. The van der Waals surface area contributed by atoms with Crippen molar-refractivity contribution in [3.8, 4) is 6.07 Å². The van der Waals surface area contributed by atoms with Crippen molar-refractivity contribution in [1.82, 2.24) is 0 Å². The highest BCUT2D eigenvalue weighted by atomic mass is 19.1. The highest BCUT2D eigenvalue weighted by Gasteiger charge is 2.21. The summed E-state index contributed by atoms with van der Waals surface area (Å²) in [6, 6.07) is 6.45. The first kappa shape index (κ1) is 10.7. The van der Waals surface area contributed by atoms with Gasteiger partial charge in [-0.25, -0.2) is 4.39 Å². The monoisotopic (exact) mass is 191 g/mol. The van der Waals surface area contributed by atoms with Crippen LogP contribution in [-0.2, 0) is 5.41 Å². The van der Waals surface area contributed by atoms with E-state index >= 15 is 0 Å². The summed E-state index contributed by atoms with van der Waals surface area (Å²) in [5, 5.41) is 8.89. The second-order valence-corrected chi connectivity index (χ2v) is 4.04. The minimum Gasteiger partial charge on any atom is -0.207 e. The van der Waals surface area contributed by atoms with E-state index in [-0.39, 0.29) is 11.2 Å². The predicted octanol–water partition coefficient (Wildman–Crippen LogP) is 3.38. The molecule has 0 saturated carbocycles. The lowest BCUT2D eigenvalue weighted by Gasteiger charge is -2.24. The van der Waals surface area contributed by atoms with Crippen molar-refractivity contribution in [2.75, 3.05) is 0 Å². The smallest absolute Gasteiger partial charge is 0.124 e. The van der Waals surface area contributed by atoms with Crippen molar-refractivity contribution in [3.63, 3.8) is 0 Å². The lowest BCUT2D eigenvalue weighted by Crippen LogP contribution is -2.17. The zero-order valence-electron chi connectivity index (χ0n) is 8.76. The topological polar surface area (TPSA) is 23.8 Å².